The highest BCUT2D eigenvalue weighted by Crippen LogP contribution is 2.13. The summed E-state index contributed by atoms with van der Waals surface area (Å²) >= 11 is 0. The van der Waals surface area contributed by atoms with Crippen molar-refractivity contribution in [1.29, 1.82) is 0 Å². The summed E-state index contributed by atoms with van der Waals surface area (Å²) in [5, 5.41) is 0. The molecule has 6 nitrogen and oxygen atoms in total. The molecule has 0 spiro atoms. The zero-order chi connectivity index (χ0) is 41.5. The molecule has 0 saturated heterocycles. The van der Waals surface area contributed by atoms with Gasteiger partial charge in [-0.25, -0.2) is 0 Å². The van der Waals surface area contributed by atoms with Gasteiger partial charge in [-0.05, 0) is 89.9 Å². The van der Waals surface area contributed by atoms with Gasteiger partial charge in [-0.1, -0.05) is 178 Å². The molecule has 0 heterocycles. The molecule has 0 aromatic rings. The highest BCUT2D eigenvalue weighted by Gasteiger charge is 2.19. The number of rotatable bonds is 42. The average molecular weight is 797 g/mol. The topological polar surface area (TPSA) is 78.9 Å². The van der Waals surface area contributed by atoms with Crippen LogP contribution in [0.2, 0.25) is 0 Å². The van der Waals surface area contributed by atoms with E-state index in [1.165, 1.54) is 103 Å². The Morgan fingerprint density at radius 1 is 0.368 bits per heavy atom. The number of carbonyl (C=O) groups is 3. The smallest absolute Gasteiger partial charge is 0.306 e. The van der Waals surface area contributed by atoms with Crippen LogP contribution >= 0.6 is 0 Å². The fourth-order valence-electron chi connectivity index (χ4n) is 6.41. The second-order valence-corrected chi connectivity index (χ2v) is 15.6. The number of carbonyl (C=O) groups excluding carboxylic acids is 3. The molecule has 0 aromatic heterocycles. The van der Waals surface area contributed by atoms with E-state index >= 15 is 0 Å². The highest BCUT2D eigenvalue weighted by atomic mass is 16.6. The van der Waals surface area contributed by atoms with Gasteiger partial charge in [0.2, 0.25) is 0 Å². The molecule has 57 heavy (non-hydrogen) atoms. The Labute approximate surface area is 351 Å². The summed E-state index contributed by atoms with van der Waals surface area (Å²) in [5.41, 5.74) is 0. The van der Waals surface area contributed by atoms with E-state index in [0.717, 1.165) is 77.0 Å². The predicted octanol–water partition coefficient (Wildman–Crippen LogP) is 15.3. The standard InChI is InChI=1S/C51H88O6/c1-4-7-10-13-16-19-22-25-27-29-32-35-38-41-44-50(53)56-47-48(46-55-49(52)43-40-37-34-31-28-24-21-18-15-12-9-6-3)57-51(54)45-42-39-36-33-30-26-23-20-17-14-11-8-5-2/h7,10,16,18-19,21,26,30,36,39,48H,4-6,8-9,11-15,17,20,22-25,27-29,31-35,37-38,40-47H2,1-3H3/b10-7-,19-16-,21-18-,30-26-,39-36-. The van der Waals surface area contributed by atoms with E-state index in [4.69, 9.17) is 14.2 Å². The molecule has 0 bridgehead atoms. The molecular formula is C51H88O6. The van der Waals surface area contributed by atoms with Crippen LogP contribution in [-0.2, 0) is 28.6 Å². The Balaban J connectivity index is 4.47. The first-order chi connectivity index (χ1) is 28.0. The van der Waals surface area contributed by atoms with E-state index in [-0.39, 0.29) is 37.5 Å². The van der Waals surface area contributed by atoms with Gasteiger partial charge in [-0.3, -0.25) is 14.4 Å². The van der Waals surface area contributed by atoms with Crippen LogP contribution in [0.1, 0.15) is 226 Å². The zero-order valence-electron chi connectivity index (χ0n) is 37.3. The second-order valence-electron chi connectivity index (χ2n) is 15.6. The lowest BCUT2D eigenvalue weighted by atomic mass is 10.1. The van der Waals surface area contributed by atoms with Crippen molar-refractivity contribution >= 4 is 17.9 Å². The van der Waals surface area contributed by atoms with Gasteiger partial charge in [0.1, 0.15) is 13.2 Å². The first-order valence-corrected chi connectivity index (χ1v) is 23.8. The lowest BCUT2D eigenvalue weighted by Crippen LogP contribution is -2.30. The van der Waals surface area contributed by atoms with E-state index in [2.05, 4.69) is 75.5 Å². The summed E-state index contributed by atoms with van der Waals surface area (Å²) in [4.78, 5) is 37.8. The Morgan fingerprint density at radius 2 is 0.719 bits per heavy atom. The lowest BCUT2D eigenvalue weighted by molar-refractivity contribution is -0.166. The number of unbranched alkanes of at least 4 members (excludes halogenated alkanes) is 21. The van der Waals surface area contributed by atoms with Gasteiger partial charge in [-0.2, -0.15) is 0 Å². The van der Waals surface area contributed by atoms with Gasteiger partial charge in [0.05, 0.1) is 0 Å². The van der Waals surface area contributed by atoms with Crippen molar-refractivity contribution in [2.45, 2.75) is 232 Å². The van der Waals surface area contributed by atoms with Crippen molar-refractivity contribution < 1.29 is 28.6 Å². The fraction of sp³-hybridized carbons (Fsp3) is 0.745. The second kappa shape index (κ2) is 45.8. The minimum absolute atomic E-state index is 0.104. The molecule has 1 atom stereocenters. The normalized spacial score (nSPS) is 12.5. The van der Waals surface area contributed by atoms with Gasteiger partial charge in [0, 0.05) is 19.3 Å². The summed E-state index contributed by atoms with van der Waals surface area (Å²) in [6, 6.07) is 0. The lowest BCUT2D eigenvalue weighted by Gasteiger charge is -2.18. The molecular weight excluding hydrogens is 709 g/mol. The van der Waals surface area contributed by atoms with E-state index < -0.39 is 6.10 Å². The minimum atomic E-state index is -0.808. The van der Waals surface area contributed by atoms with Crippen LogP contribution in [0.5, 0.6) is 0 Å². The molecule has 0 saturated carbocycles. The van der Waals surface area contributed by atoms with Crippen LogP contribution < -0.4 is 0 Å². The van der Waals surface area contributed by atoms with Crippen molar-refractivity contribution in [3.63, 3.8) is 0 Å². The zero-order valence-corrected chi connectivity index (χ0v) is 37.3. The molecule has 0 aliphatic rings. The van der Waals surface area contributed by atoms with Crippen LogP contribution in [0.15, 0.2) is 60.8 Å². The van der Waals surface area contributed by atoms with E-state index in [1.807, 2.05) is 6.08 Å². The molecule has 0 N–H and O–H groups in total. The first-order valence-electron chi connectivity index (χ1n) is 23.8. The van der Waals surface area contributed by atoms with Gasteiger partial charge in [0.15, 0.2) is 6.10 Å². The largest absolute Gasteiger partial charge is 0.462 e. The molecule has 6 heteroatoms. The first kappa shape index (κ1) is 54.1. The Kier molecular flexibility index (Phi) is 43.5. The fourth-order valence-corrected chi connectivity index (χ4v) is 6.41. The third-order valence-electron chi connectivity index (χ3n) is 9.99. The third-order valence-corrected chi connectivity index (χ3v) is 9.99. The number of hydrogen-bond donors (Lipinski definition) is 0. The molecule has 0 aliphatic carbocycles. The maximum Gasteiger partial charge on any atom is 0.306 e. The molecule has 328 valence electrons. The summed E-state index contributed by atoms with van der Waals surface area (Å²) < 4.78 is 16.7. The molecule has 0 radical (unpaired) electrons. The van der Waals surface area contributed by atoms with Crippen molar-refractivity contribution in [3.05, 3.63) is 60.8 Å². The van der Waals surface area contributed by atoms with Gasteiger partial charge in [-0.15, -0.1) is 0 Å². The summed E-state index contributed by atoms with van der Waals surface area (Å²) in [6.45, 7) is 6.42. The van der Waals surface area contributed by atoms with Crippen LogP contribution in [0, 0.1) is 0 Å². The number of esters is 3. The molecule has 0 fully saturated rings. The monoisotopic (exact) mass is 797 g/mol. The molecule has 0 aromatic carbocycles. The maximum atomic E-state index is 12.7. The van der Waals surface area contributed by atoms with E-state index in [0.29, 0.717) is 19.3 Å². The van der Waals surface area contributed by atoms with Crippen LogP contribution in [0.3, 0.4) is 0 Å². The summed E-state index contributed by atoms with van der Waals surface area (Å²) in [5.74, 6) is -0.991. The quantitative estimate of drug-likeness (QED) is 0.0265. The Bertz CT molecular complexity index is 1050. The predicted molar refractivity (Wildman–Crippen MR) is 242 cm³/mol. The Hall–Kier alpha value is -2.89. The molecule has 1 unspecified atom stereocenters. The van der Waals surface area contributed by atoms with Crippen LogP contribution in [0.25, 0.3) is 0 Å². The maximum absolute atomic E-state index is 12.7. The van der Waals surface area contributed by atoms with E-state index in [1.54, 1.807) is 0 Å². The third kappa shape index (κ3) is 44.1. The molecule has 0 aliphatic heterocycles. The minimum Gasteiger partial charge on any atom is -0.462 e. The highest BCUT2D eigenvalue weighted by molar-refractivity contribution is 5.71. The van der Waals surface area contributed by atoms with Crippen LogP contribution in [-0.4, -0.2) is 37.2 Å². The van der Waals surface area contributed by atoms with Crippen molar-refractivity contribution in [1.82, 2.24) is 0 Å². The Morgan fingerprint density at radius 3 is 1.18 bits per heavy atom. The number of hydrogen-bond acceptors (Lipinski definition) is 6. The van der Waals surface area contributed by atoms with Gasteiger partial charge >= 0.3 is 17.9 Å². The van der Waals surface area contributed by atoms with E-state index in [9.17, 15) is 14.4 Å². The number of allylic oxidation sites excluding steroid dienone is 10. The summed E-state index contributed by atoms with van der Waals surface area (Å²) in [7, 11) is 0. The molecule has 0 rings (SSSR count). The summed E-state index contributed by atoms with van der Waals surface area (Å²) in [6.07, 6.45) is 55.0. The SMILES string of the molecule is CC/C=C\C/C=C\CCCCCCCCCC(=O)OCC(COC(=O)CCCCCCC/C=C\CCCCC)OC(=O)CC/C=C\C/C=C\CCCCCCCC. The molecule has 0 amide bonds. The number of ether oxygens (including phenoxy) is 3. The van der Waals surface area contributed by atoms with Gasteiger partial charge in [0.25, 0.3) is 0 Å². The van der Waals surface area contributed by atoms with Crippen molar-refractivity contribution in [3.8, 4) is 0 Å². The van der Waals surface area contributed by atoms with Crippen molar-refractivity contribution in [2.24, 2.45) is 0 Å². The average Bonchev–Trinajstić information content (AvgIpc) is 3.21. The van der Waals surface area contributed by atoms with Crippen molar-refractivity contribution in [2.75, 3.05) is 13.2 Å². The van der Waals surface area contributed by atoms with Gasteiger partial charge < -0.3 is 14.2 Å². The van der Waals surface area contributed by atoms with Crippen LogP contribution in [0.4, 0.5) is 0 Å².